The number of piperidine rings is 1. The van der Waals surface area contributed by atoms with E-state index in [0.29, 0.717) is 26.1 Å². The highest BCUT2D eigenvalue weighted by atomic mass is 16.3. The van der Waals surface area contributed by atoms with Gasteiger partial charge in [-0.25, -0.2) is 0 Å². The lowest BCUT2D eigenvalue weighted by molar-refractivity contribution is -0.136. The van der Waals surface area contributed by atoms with Gasteiger partial charge in [-0.1, -0.05) is 30.3 Å². The van der Waals surface area contributed by atoms with Crippen LogP contribution in [0.25, 0.3) is 0 Å². The van der Waals surface area contributed by atoms with Crippen molar-refractivity contribution in [3.8, 4) is 0 Å². The van der Waals surface area contributed by atoms with Crippen LogP contribution in [0.3, 0.4) is 0 Å². The van der Waals surface area contributed by atoms with Crippen LogP contribution in [0.15, 0.2) is 30.3 Å². The number of rotatable bonds is 10. The summed E-state index contributed by atoms with van der Waals surface area (Å²) < 4.78 is 0. The molecule has 7 N–H and O–H groups in total. The molecule has 3 amide bonds. The lowest BCUT2D eigenvalue weighted by atomic mass is 9.89. The number of aliphatic hydroxyl groups excluding tert-OH is 1. The van der Waals surface area contributed by atoms with Crippen molar-refractivity contribution >= 4 is 23.5 Å². The molecule has 1 heterocycles. The smallest absolute Gasteiger partial charge is 0.245 e. The van der Waals surface area contributed by atoms with Gasteiger partial charge in [0.05, 0.1) is 24.0 Å². The standard InChI is InChI=1S/C22H33N5O5/c1-13(28)18(9-23)26-22(32)19(14(2)29)27-21(31)17-8-16(11-24-12-17)20(30)25-10-15-6-4-3-5-7-15/h3-7,14,16-19,24,29H,8-12,23H2,1-2H3,(H,25,30)(H,26,32)(H,27,31)/t14-,16+,17-,18-,19-/m0/s1. The third kappa shape index (κ3) is 7.40. The van der Waals surface area contributed by atoms with Gasteiger partial charge in [0, 0.05) is 26.2 Å². The van der Waals surface area contributed by atoms with E-state index < -0.39 is 41.8 Å². The van der Waals surface area contributed by atoms with E-state index in [4.69, 9.17) is 5.73 Å². The number of carbonyl (C=O) groups excluding carboxylic acids is 4. The topological polar surface area (TPSA) is 163 Å². The second-order valence-electron chi connectivity index (χ2n) is 8.13. The molecule has 10 heteroatoms. The zero-order valence-electron chi connectivity index (χ0n) is 18.5. The van der Waals surface area contributed by atoms with Gasteiger partial charge in [0.1, 0.15) is 6.04 Å². The summed E-state index contributed by atoms with van der Waals surface area (Å²) in [7, 11) is 0. The van der Waals surface area contributed by atoms with E-state index in [9.17, 15) is 24.3 Å². The average Bonchev–Trinajstić information content (AvgIpc) is 2.79. The number of carbonyl (C=O) groups is 4. The van der Waals surface area contributed by atoms with Crippen molar-refractivity contribution in [1.29, 1.82) is 0 Å². The second-order valence-corrected chi connectivity index (χ2v) is 8.13. The van der Waals surface area contributed by atoms with Gasteiger partial charge in [0.25, 0.3) is 0 Å². The first-order chi connectivity index (χ1) is 15.2. The molecule has 1 fully saturated rings. The molecule has 0 radical (unpaired) electrons. The summed E-state index contributed by atoms with van der Waals surface area (Å²) in [6.45, 7) is 3.77. The summed E-state index contributed by atoms with van der Waals surface area (Å²) in [5.41, 5.74) is 6.47. The van der Waals surface area contributed by atoms with Gasteiger partial charge < -0.3 is 32.1 Å². The minimum absolute atomic E-state index is 0.0894. The van der Waals surface area contributed by atoms with Crippen LogP contribution in [0.5, 0.6) is 0 Å². The number of benzene rings is 1. The van der Waals surface area contributed by atoms with Crippen molar-refractivity contribution in [2.24, 2.45) is 17.6 Å². The van der Waals surface area contributed by atoms with Crippen LogP contribution in [0.4, 0.5) is 0 Å². The van der Waals surface area contributed by atoms with Gasteiger partial charge in [0.15, 0.2) is 5.78 Å². The number of hydrogen-bond donors (Lipinski definition) is 6. The number of Topliss-reactive ketones (excluding diaryl/α,β-unsaturated/α-hetero) is 1. The van der Waals surface area contributed by atoms with E-state index in [1.807, 2.05) is 30.3 Å². The average molecular weight is 448 g/mol. The molecule has 5 atom stereocenters. The Morgan fingerprint density at radius 3 is 2.28 bits per heavy atom. The van der Waals surface area contributed by atoms with Crippen LogP contribution in [0, 0.1) is 11.8 Å². The molecule has 0 bridgehead atoms. The molecule has 1 aromatic rings. The maximum Gasteiger partial charge on any atom is 0.245 e. The highest BCUT2D eigenvalue weighted by Gasteiger charge is 2.34. The van der Waals surface area contributed by atoms with Crippen LogP contribution < -0.4 is 27.0 Å². The predicted molar refractivity (Wildman–Crippen MR) is 118 cm³/mol. The number of ketones is 1. The van der Waals surface area contributed by atoms with Gasteiger partial charge >= 0.3 is 0 Å². The van der Waals surface area contributed by atoms with E-state index in [-0.39, 0.29) is 18.2 Å². The third-order valence-corrected chi connectivity index (χ3v) is 5.51. The summed E-state index contributed by atoms with van der Waals surface area (Å²) in [6, 6.07) is 7.38. The van der Waals surface area contributed by atoms with Crippen LogP contribution in [-0.2, 0) is 25.7 Å². The van der Waals surface area contributed by atoms with E-state index in [1.54, 1.807) is 0 Å². The molecular weight excluding hydrogens is 414 g/mol. The van der Waals surface area contributed by atoms with Gasteiger partial charge in [-0.05, 0) is 25.8 Å². The second kappa shape index (κ2) is 12.3. The third-order valence-electron chi connectivity index (χ3n) is 5.51. The lowest BCUT2D eigenvalue weighted by Crippen LogP contribution is -2.58. The van der Waals surface area contributed by atoms with Crippen LogP contribution >= 0.6 is 0 Å². The first-order valence-electron chi connectivity index (χ1n) is 10.7. The number of aliphatic hydroxyl groups is 1. The van der Waals surface area contributed by atoms with E-state index in [1.165, 1.54) is 13.8 Å². The minimum atomic E-state index is -1.25. The Kier molecular flexibility index (Phi) is 9.76. The molecule has 0 unspecified atom stereocenters. The zero-order valence-corrected chi connectivity index (χ0v) is 18.5. The molecule has 1 aromatic carbocycles. The molecule has 1 saturated heterocycles. The summed E-state index contributed by atoms with van der Waals surface area (Å²) in [5.74, 6) is -2.58. The van der Waals surface area contributed by atoms with E-state index in [2.05, 4.69) is 21.3 Å². The SMILES string of the molecule is CC(=O)[C@H](CN)NC(=O)[C@@H](NC(=O)[C@@H]1CNC[C@H](C(=O)NCc2ccccc2)C1)[C@H](C)O. The van der Waals surface area contributed by atoms with Crippen molar-refractivity contribution in [1.82, 2.24) is 21.3 Å². The number of hydrogen-bond acceptors (Lipinski definition) is 7. The first kappa shape index (κ1) is 25.4. The molecule has 0 aromatic heterocycles. The summed E-state index contributed by atoms with van der Waals surface area (Å²) in [5, 5.41) is 21.0. The Hall–Kier alpha value is -2.82. The summed E-state index contributed by atoms with van der Waals surface area (Å²) in [4.78, 5) is 49.4. The highest BCUT2D eigenvalue weighted by Crippen LogP contribution is 2.18. The monoisotopic (exact) mass is 447 g/mol. The highest BCUT2D eigenvalue weighted by molar-refractivity contribution is 5.93. The van der Waals surface area contributed by atoms with Crippen molar-refractivity contribution in [3.05, 3.63) is 35.9 Å². The Morgan fingerprint density at radius 1 is 1.09 bits per heavy atom. The zero-order chi connectivity index (χ0) is 23.7. The van der Waals surface area contributed by atoms with Crippen LogP contribution in [0.2, 0.25) is 0 Å². The number of nitrogens with one attached hydrogen (secondary N) is 4. The predicted octanol–water partition coefficient (Wildman–Crippen LogP) is -1.57. The van der Waals surface area contributed by atoms with Crippen molar-refractivity contribution in [3.63, 3.8) is 0 Å². The summed E-state index contributed by atoms with van der Waals surface area (Å²) in [6.07, 6.45) is -0.877. The Bertz CT molecular complexity index is 801. The van der Waals surface area contributed by atoms with Crippen molar-refractivity contribution < 1.29 is 24.3 Å². The van der Waals surface area contributed by atoms with Crippen molar-refractivity contribution in [2.75, 3.05) is 19.6 Å². The Labute approximate surface area is 187 Å². The molecule has 10 nitrogen and oxygen atoms in total. The van der Waals surface area contributed by atoms with Gasteiger partial charge in [-0.3, -0.25) is 19.2 Å². The number of amides is 3. The molecule has 2 rings (SSSR count). The first-order valence-corrected chi connectivity index (χ1v) is 10.7. The summed E-state index contributed by atoms with van der Waals surface area (Å²) >= 11 is 0. The van der Waals surface area contributed by atoms with Gasteiger partial charge in [0.2, 0.25) is 17.7 Å². The van der Waals surface area contributed by atoms with E-state index >= 15 is 0 Å². The Balaban J connectivity index is 1.93. The molecule has 0 aliphatic carbocycles. The quantitative estimate of drug-likeness (QED) is 0.252. The van der Waals surface area contributed by atoms with Crippen molar-refractivity contribution in [2.45, 2.75) is 45.0 Å². The number of nitrogens with two attached hydrogens (primary N) is 1. The maximum atomic E-state index is 12.8. The molecule has 0 spiro atoms. The van der Waals surface area contributed by atoms with Crippen LogP contribution in [0.1, 0.15) is 25.8 Å². The molecular formula is C22H33N5O5. The normalized spacial score (nSPS) is 21.0. The maximum absolute atomic E-state index is 12.8. The van der Waals surface area contributed by atoms with Gasteiger partial charge in [-0.15, -0.1) is 0 Å². The minimum Gasteiger partial charge on any atom is -0.391 e. The fourth-order valence-electron chi connectivity index (χ4n) is 3.54. The molecule has 1 aliphatic rings. The fraction of sp³-hybridized carbons (Fsp3) is 0.545. The van der Waals surface area contributed by atoms with Gasteiger partial charge in [-0.2, -0.15) is 0 Å². The Morgan fingerprint density at radius 2 is 1.72 bits per heavy atom. The largest absolute Gasteiger partial charge is 0.391 e. The molecule has 1 aliphatic heterocycles. The van der Waals surface area contributed by atoms with Crippen LogP contribution in [-0.4, -0.2) is 66.4 Å². The molecule has 0 saturated carbocycles. The fourth-order valence-corrected chi connectivity index (χ4v) is 3.54. The molecule has 32 heavy (non-hydrogen) atoms. The van der Waals surface area contributed by atoms with E-state index in [0.717, 1.165) is 5.56 Å². The molecule has 176 valence electrons. The lowest BCUT2D eigenvalue weighted by Gasteiger charge is -2.30.